The lowest BCUT2D eigenvalue weighted by Gasteiger charge is -2.36. The van der Waals surface area contributed by atoms with Crippen molar-refractivity contribution in [1.29, 1.82) is 0 Å². The molecule has 0 radical (unpaired) electrons. The molecule has 5 nitrogen and oxygen atoms in total. The van der Waals surface area contributed by atoms with Crippen LogP contribution in [0.3, 0.4) is 0 Å². The first kappa shape index (κ1) is 19.1. The van der Waals surface area contributed by atoms with E-state index in [1.54, 1.807) is 0 Å². The largest absolute Gasteiger partial charge is 0.357 e. The SMILES string of the molecule is CCNC(=NCCC(=O)NC(C)C)N1CCSC(C(C)C)C1. The van der Waals surface area contributed by atoms with Crippen LogP contribution in [0.4, 0.5) is 0 Å². The van der Waals surface area contributed by atoms with Crippen LogP contribution in [0.2, 0.25) is 0 Å². The topological polar surface area (TPSA) is 56.7 Å². The van der Waals surface area contributed by atoms with Crippen LogP contribution in [-0.2, 0) is 4.79 Å². The number of rotatable bonds is 6. The van der Waals surface area contributed by atoms with E-state index in [9.17, 15) is 4.79 Å². The number of nitrogens with one attached hydrogen (secondary N) is 2. The fourth-order valence-electron chi connectivity index (χ4n) is 2.35. The molecular formula is C16H32N4OS. The number of amides is 1. The Hall–Kier alpha value is -0.910. The van der Waals surface area contributed by atoms with Gasteiger partial charge >= 0.3 is 0 Å². The van der Waals surface area contributed by atoms with Crippen LogP contribution in [0, 0.1) is 5.92 Å². The van der Waals surface area contributed by atoms with Crippen molar-refractivity contribution in [1.82, 2.24) is 15.5 Å². The molecule has 1 aliphatic rings. The fourth-order valence-corrected chi connectivity index (χ4v) is 3.65. The van der Waals surface area contributed by atoms with Gasteiger partial charge in [-0.15, -0.1) is 0 Å². The van der Waals surface area contributed by atoms with Crippen molar-refractivity contribution in [2.45, 2.75) is 52.3 Å². The summed E-state index contributed by atoms with van der Waals surface area (Å²) in [5, 5.41) is 6.92. The third-order valence-electron chi connectivity index (χ3n) is 3.52. The Kier molecular flexibility index (Phi) is 8.68. The zero-order valence-electron chi connectivity index (χ0n) is 14.7. The first-order valence-corrected chi connectivity index (χ1v) is 9.43. The second kappa shape index (κ2) is 9.98. The normalized spacial score (nSPS) is 19.7. The maximum absolute atomic E-state index is 11.7. The average molecular weight is 329 g/mol. The fraction of sp³-hybridized carbons (Fsp3) is 0.875. The lowest BCUT2D eigenvalue weighted by Crippen LogP contribution is -2.49. The van der Waals surface area contributed by atoms with Crippen LogP contribution in [0.1, 0.15) is 41.0 Å². The quantitative estimate of drug-likeness (QED) is 0.578. The maximum atomic E-state index is 11.7. The van der Waals surface area contributed by atoms with Crippen molar-refractivity contribution in [3.05, 3.63) is 0 Å². The zero-order valence-corrected chi connectivity index (χ0v) is 15.5. The molecule has 1 saturated heterocycles. The summed E-state index contributed by atoms with van der Waals surface area (Å²) in [5.41, 5.74) is 0. The number of aliphatic imine (C=N–C) groups is 1. The molecule has 1 atom stereocenters. The second-order valence-electron chi connectivity index (χ2n) is 6.31. The summed E-state index contributed by atoms with van der Waals surface area (Å²) in [6.07, 6.45) is 0.448. The number of carbonyl (C=O) groups excluding carboxylic acids is 1. The molecule has 0 aromatic carbocycles. The van der Waals surface area contributed by atoms with E-state index < -0.39 is 0 Å². The van der Waals surface area contributed by atoms with E-state index in [2.05, 4.69) is 53.1 Å². The van der Waals surface area contributed by atoms with E-state index in [0.29, 0.717) is 24.1 Å². The molecule has 6 heteroatoms. The molecular weight excluding hydrogens is 296 g/mol. The molecule has 128 valence electrons. The van der Waals surface area contributed by atoms with Gasteiger partial charge in [0.25, 0.3) is 0 Å². The van der Waals surface area contributed by atoms with Crippen molar-refractivity contribution in [3.63, 3.8) is 0 Å². The van der Waals surface area contributed by atoms with Gasteiger partial charge in [0.15, 0.2) is 5.96 Å². The van der Waals surface area contributed by atoms with Crippen LogP contribution < -0.4 is 10.6 Å². The van der Waals surface area contributed by atoms with Crippen LogP contribution in [0.15, 0.2) is 4.99 Å². The molecule has 1 heterocycles. The lowest BCUT2D eigenvalue weighted by molar-refractivity contribution is -0.121. The monoisotopic (exact) mass is 328 g/mol. The summed E-state index contributed by atoms with van der Waals surface area (Å²) < 4.78 is 0. The summed E-state index contributed by atoms with van der Waals surface area (Å²) in [5.74, 6) is 2.84. The van der Waals surface area contributed by atoms with Gasteiger partial charge in [0, 0.05) is 43.1 Å². The molecule has 0 saturated carbocycles. The molecule has 1 amide bonds. The van der Waals surface area contributed by atoms with Crippen molar-refractivity contribution >= 4 is 23.6 Å². The number of hydrogen-bond donors (Lipinski definition) is 2. The predicted octanol–water partition coefficient (Wildman–Crippen LogP) is 1.94. The van der Waals surface area contributed by atoms with Crippen LogP contribution in [0.25, 0.3) is 0 Å². The molecule has 0 aromatic rings. The highest BCUT2D eigenvalue weighted by Gasteiger charge is 2.24. The summed E-state index contributed by atoms with van der Waals surface area (Å²) in [6.45, 7) is 14.0. The Labute approximate surface area is 139 Å². The van der Waals surface area contributed by atoms with E-state index in [1.165, 1.54) is 0 Å². The summed E-state index contributed by atoms with van der Waals surface area (Å²) in [7, 11) is 0. The highest BCUT2D eigenvalue weighted by molar-refractivity contribution is 8.00. The Morgan fingerprint density at radius 3 is 2.68 bits per heavy atom. The molecule has 1 fully saturated rings. The Morgan fingerprint density at radius 1 is 1.36 bits per heavy atom. The highest BCUT2D eigenvalue weighted by atomic mass is 32.2. The van der Waals surface area contributed by atoms with Gasteiger partial charge in [0.1, 0.15) is 0 Å². The number of hydrogen-bond acceptors (Lipinski definition) is 3. The first-order valence-electron chi connectivity index (χ1n) is 8.38. The smallest absolute Gasteiger partial charge is 0.222 e. The van der Waals surface area contributed by atoms with Gasteiger partial charge in [-0.3, -0.25) is 9.79 Å². The van der Waals surface area contributed by atoms with Crippen molar-refractivity contribution in [2.24, 2.45) is 10.9 Å². The summed E-state index contributed by atoms with van der Waals surface area (Å²) in [6, 6.07) is 0.190. The standard InChI is InChI=1S/C16H32N4OS/c1-6-17-16(18-8-7-15(21)19-13(4)5)20-9-10-22-14(11-20)12(2)3/h12-14H,6-11H2,1-5H3,(H,17,18)(H,19,21). The highest BCUT2D eigenvalue weighted by Crippen LogP contribution is 2.24. The minimum absolute atomic E-state index is 0.0730. The molecule has 2 N–H and O–H groups in total. The van der Waals surface area contributed by atoms with Gasteiger partial charge in [-0.25, -0.2) is 0 Å². The van der Waals surface area contributed by atoms with Crippen molar-refractivity contribution < 1.29 is 4.79 Å². The van der Waals surface area contributed by atoms with Gasteiger partial charge in [-0.2, -0.15) is 11.8 Å². The van der Waals surface area contributed by atoms with Gasteiger partial charge in [0.05, 0.1) is 6.54 Å². The third-order valence-corrected chi connectivity index (χ3v) is 5.06. The minimum Gasteiger partial charge on any atom is -0.357 e. The van der Waals surface area contributed by atoms with E-state index in [4.69, 9.17) is 0 Å². The predicted molar refractivity (Wildman–Crippen MR) is 96.5 cm³/mol. The first-order chi connectivity index (χ1) is 10.4. The van der Waals surface area contributed by atoms with Crippen LogP contribution >= 0.6 is 11.8 Å². The Balaban J connectivity index is 2.56. The Bertz CT molecular complexity index is 371. The average Bonchev–Trinajstić information content (AvgIpc) is 2.45. The van der Waals surface area contributed by atoms with Gasteiger partial charge < -0.3 is 15.5 Å². The lowest BCUT2D eigenvalue weighted by atomic mass is 10.1. The molecule has 0 bridgehead atoms. The van der Waals surface area contributed by atoms with E-state index >= 15 is 0 Å². The number of nitrogens with zero attached hydrogens (tertiary/aromatic N) is 2. The second-order valence-corrected chi connectivity index (χ2v) is 7.65. The van der Waals surface area contributed by atoms with Gasteiger partial charge in [-0.05, 0) is 26.7 Å². The van der Waals surface area contributed by atoms with E-state index in [0.717, 1.165) is 31.3 Å². The molecule has 22 heavy (non-hydrogen) atoms. The molecule has 1 aliphatic heterocycles. The molecule has 1 rings (SSSR count). The summed E-state index contributed by atoms with van der Waals surface area (Å²) >= 11 is 2.06. The summed E-state index contributed by atoms with van der Waals surface area (Å²) in [4.78, 5) is 18.7. The number of guanidine groups is 1. The zero-order chi connectivity index (χ0) is 16.5. The molecule has 0 spiro atoms. The molecule has 1 unspecified atom stereocenters. The Morgan fingerprint density at radius 2 is 2.09 bits per heavy atom. The minimum atomic E-state index is 0.0730. The van der Waals surface area contributed by atoms with Crippen molar-refractivity contribution in [3.8, 4) is 0 Å². The van der Waals surface area contributed by atoms with Crippen LogP contribution in [0.5, 0.6) is 0 Å². The molecule has 0 aliphatic carbocycles. The van der Waals surface area contributed by atoms with Crippen LogP contribution in [-0.4, -0.2) is 60.0 Å². The molecule has 0 aromatic heterocycles. The van der Waals surface area contributed by atoms with E-state index in [1.807, 2.05) is 13.8 Å². The number of thioether (sulfide) groups is 1. The van der Waals surface area contributed by atoms with Gasteiger partial charge in [-0.1, -0.05) is 13.8 Å². The third kappa shape index (κ3) is 6.90. The van der Waals surface area contributed by atoms with E-state index in [-0.39, 0.29) is 11.9 Å². The maximum Gasteiger partial charge on any atom is 0.222 e. The number of carbonyl (C=O) groups is 1. The van der Waals surface area contributed by atoms with Gasteiger partial charge in [0.2, 0.25) is 5.91 Å². The van der Waals surface area contributed by atoms with Crippen molar-refractivity contribution in [2.75, 3.05) is 31.9 Å².